The molecule has 0 aliphatic rings. The fraction of sp³-hybridized carbons (Fsp3) is 0.625. The SMILES string of the molecule is CC(C)CN(C(C)C)C(CCN)c1ccccc1. The molecule has 0 aliphatic carbocycles. The summed E-state index contributed by atoms with van der Waals surface area (Å²) in [6.07, 6.45) is 1.02. The lowest BCUT2D eigenvalue weighted by atomic mass is 9.99. The maximum Gasteiger partial charge on any atom is 0.0362 e. The van der Waals surface area contributed by atoms with Crippen molar-refractivity contribution in [2.24, 2.45) is 11.7 Å². The number of nitrogens with two attached hydrogens (primary N) is 1. The Kier molecular flexibility index (Phi) is 6.37. The molecule has 1 unspecified atom stereocenters. The van der Waals surface area contributed by atoms with Gasteiger partial charge >= 0.3 is 0 Å². The molecule has 2 nitrogen and oxygen atoms in total. The Morgan fingerprint density at radius 1 is 1.06 bits per heavy atom. The molecule has 1 atom stereocenters. The first-order valence-corrected chi connectivity index (χ1v) is 7.07. The van der Waals surface area contributed by atoms with Gasteiger partial charge in [0, 0.05) is 18.6 Å². The van der Waals surface area contributed by atoms with Crippen molar-refractivity contribution >= 4 is 0 Å². The lowest BCUT2D eigenvalue weighted by molar-refractivity contribution is 0.129. The van der Waals surface area contributed by atoms with E-state index in [0.717, 1.165) is 19.5 Å². The summed E-state index contributed by atoms with van der Waals surface area (Å²) in [6.45, 7) is 11.0. The molecule has 1 aromatic carbocycles. The molecule has 0 saturated carbocycles. The molecule has 0 aliphatic heterocycles. The minimum Gasteiger partial charge on any atom is -0.330 e. The minimum absolute atomic E-state index is 0.443. The zero-order chi connectivity index (χ0) is 13.5. The van der Waals surface area contributed by atoms with Gasteiger partial charge < -0.3 is 5.73 Å². The van der Waals surface area contributed by atoms with Crippen LogP contribution in [0.1, 0.15) is 45.7 Å². The maximum atomic E-state index is 5.81. The highest BCUT2D eigenvalue weighted by molar-refractivity contribution is 5.19. The molecule has 18 heavy (non-hydrogen) atoms. The Morgan fingerprint density at radius 3 is 2.11 bits per heavy atom. The van der Waals surface area contributed by atoms with E-state index in [9.17, 15) is 0 Å². The van der Waals surface area contributed by atoms with Gasteiger partial charge in [-0.1, -0.05) is 44.2 Å². The fourth-order valence-electron chi connectivity index (χ4n) is 2.48. The Hall–Kier alpha value is -0.860. The molecule has 0 spiro atoms. The molecule has 0 saturated heterocycles. The van der Waals surface area contributed by atoms with Crippen LogP contribution in [-0.2, 0) is 0 Å². The Morgan fingerprint density at radius 2 is 1.67 bits per heavy atom. The van der Waals surface area contributed by atoms with Crippen molar-refractivity contribution in [2.75, 3.05) is 13.1 Å². The van der Waals surface area contributed by atoms with E-state index in [2.05, 4.69) is 62.9 Å². The van der Waals surface area contributed by atoms with E-state index in [1.807, 2.05) is 0 Å². The summed E-state index contributed by atoms with van der Waals surface area (Å²) in [7, 11) is 0. The van der Waals surface area contributed by atoms with Crippen LogP contribution in [0, 0.1) is 5.92 Å². The van der Waals surface area contributed by atoms with Crippen molar-refractivity contribution in [3.8, 4) is 0 Å². The van der Waals surface area contributed by atoms with Gasteiger partial charge in [0.1, 0.15) is 0 Å². The van der Waals surface area contributed by atoms with Crippen LogP contribution in [-0.4, -0.2) is 24.0 Å². The van der Waals surface area contributed by atoms with E-state index in [0.29, 0.717) is 18.0 Å². The second kappa shape index (κ2) is 7.55. The molecule has 1 rings (SSSR count). The van der Waals surface area contributed by atoms with Crippen LogP contribution in [0.25, 0.3) is 0 Å². The lowest BCUT2D eigenvalue weighted by Crippen LogP contribution is -2.38. The zero-order valence-electron chi connectivity index (χ0n) is 12.3. The van der Waals surface area contributed by atoms with Gasteiger partial charge in [-0.05, 0) is 38.3 Å². The number of benzene rings is 1. The van der Waals surface area contributed by atoms with Crippen LogP contribution < -0.4 is 5.73 Å². The molecule has 0 aromatic heterocycles. The van der Waals surface area contributed by atoms with E-state index in [-0.39, 0.29) is 0 Å². The predicted octanol–water partition coefficient (Wildman–Crippen LogP) is 3.44. The average molecular weight is 248 g/mol. The summed E-state index contributed by atoms with van der Waals surface area (Å²) >= 11 is 0. The molecule has 0 heterocycles. The first-order chi connectivity index (χ1) is 8.56. The van der Waals surface area contributed by atoms with Gasteiger partial charge in [0.25, 0.3) is 0 Å². The third-order valence-electron chi connectivity index (χ3n) is 3.26. The van der Waals surface area contributed by atoms with Crippen LogP contribution in [0.4, 0.5) is 0 Å². The number of hydrogen-bond donors (Lipinski definition) is 1. The lowest BCUT2D eigenvalue weighted by Gasteiger charge is -2.36. The quantitative estimate of drug-likeness (QED) is 0.801. The monoisotopic (exact) mass is 248 g/mol. The molecule has 1 aromatic rings. The number of hydrogen-bond acceptors (Lipinski definition) is 2. The van der Waals surface area contributed by atoms with Crippen molar-refractivity contribution in [3.63, 3.8) is 0 Å². The highest BCUT2D eigenvalue weighted by Gasteiger charge is 2.22. The second-order valence-corrected chi connectivity index (χ2v) is 5.69. The number of rotatable bonds is 7. The predicted molar refractivity (Wildman–Crippen MR) is 79.5 cm³/mol. The first-order valence-electron chi connectivity index (χ1n) is 7.07. The van der Waals surface area contributed by atoms with Gasteiger partial charge in [0.15, 0.2) is 0 Å². The molecule has 0 fully saturated rings. The van der Waals surface area contributed by atoms with E-state index in [1.54, 1.807) is 0 Å². The summed E-state index contributed by atoms with van der Waals surface area (Å²) in [5.74, 6) is 0.677. The third-order valence-corrected chi connectivity index (χ3v) is 3.26. The van der Waals surface area contributed by atoms with E-state index >= 15 is 0 Å². The van der Waals surface area contributed by atoms with Crippen molar-refractivity contribution < 1.29 is 0 Å². The summed E-state index contributed by atoms with van der Waals surface area (Å²) in [5.41, 5.74) is 7.20. The van der Waals surface area contributed by atoms with E-state index < -0.39 is 0 Å². The third kappa shape index (κ3) is 4.43. The van der Waals surface area contributed by atoms with Crippen molar-refractivity contribution in [1.29, 1.82) is 0 Å². The second-order valence-electron chi connectivity index (χ2n) is 5.69. The summed E-state index contributed by atoms with van der Waals surface area (Å²) in [6, 6.07) is 11.7. The van der Waals surface area contributed by atoms with Crippen molar-refractivity contribution in [3.05, 3.63) is 35.9 Å². The van der Waals surface area contributed by atoms with Gasteiger partial charge in [-0.3, -0.25) is 4.90 Å². The van der Waals surface area contributed by atoms with Crippen LogP contribution in [0.15, 0.2) is 30.3 Å². The molecular weight excluding hydrogens is 220 g/mol. The number of nitrogens with zero attached hydrogens (tertiary/aromatic N) is 1. The minimum atomic E-state index is 0.443. The standard InChI is InChI=1S/C16H28N2/c1-13(2)12-18(14(3)4)16(10-11-17)15-8-6-5-7-9-15/h5-9,13-14,16H,10-12,17H2,1-4H3. The Bertz CT molecular complexity index is 319. The van der Waals surface area contributed by atoms with Crippen molar-refractivity contribution in [2.45, 2.75) is 46.2 Å². The van der Waals surface area contributed by atoms with E-state index in [4.69, 9.17) is 5.73 Å². The molecule has 0 amide bonds. The normalized spacial score (nSPS) is 13.6. The Balaban J connectivity index is 2.93. The highest BCUT2D eigenvalue weighted by atomic mass is 15.2. The first kappa shape index (κ1) is 15.2. The van der Waals surface area contributed by atoms with Gasteiger partial charge in [0.2, 0.25) is 0 Å². The van der Waals surface area contributed by atoms with Crippen molar-refractivity contribution in [1.82, 2.24) is 4.90 Å². The summed E-state index contributed by atoms with van der Waals surface area (Å²) in [4.78, 5) is 2.58. The van der Waals surface area contributed by atoms with Crippen LogP contribution in [0.3, 0.4) is 0 Å². The van der Waals surface area contributed by atoms with Gasteiger partial charge in [-0.25, -0.2) is 0 Å². The largest absolute Gasteiger partial charge is 0.330 e. The summed E-state index contributed by atoms with van der Waals surface area (Å²) < 4.78 is 0. The zero-order valence-corrected chi connectivity index (χ0v) is 12.3. The molecule has 0 bridgehead atoms. The van der Waals surface area contributed by atoms with Crippen LogP contribution >= 0.6 is 0 Å². The highest BCUT2D eigenvalue weighted by Crippen LogP contribution is 2.26. The summed E-state index contributed by atoms with van der Waals surface area (Å²) in [5, 5.41) is 0. The van der Waals surface area contributed by atoms with Crippen LogP contribution in [0.2, 0.25) is 0 Å². The smallest absolute Gasteiger partial charge is 0.0362 e. The fourth-order valence-corrected chi connectivity index (χ4v) is 2.48. The van der Waals surface area contributed by atoms with Gasteiger partial charge in [0.05, 0.1) is 0 Å². The van der Waals surface area contributed by atoms with Gasteiger partial charge in [-0.2, -0.15) is 0 Å². The molecule has 2 N–H and O–H groups in total. The topological polar surface area (TPSA) is 29.3 Å². The molecular formula is C16H28N2. The molecule has 0 radical (unpaired) electrons. The molecule has 102 valence electrons. The Labute approximate surface area is 112 Å². The molecule has 2 heteroatoms. The van der Waals surface area contributed by atoms with Gasteiger partial charge in [-0.15, -0.1) is 0 Å². The maximum absolute atomic E-state index is 5.81. The van der Waals surface area contributed by atoms with E-state index in [1.165, 1.54) is 5.56 Å². The average Bonchev–Trinajstić information content (AvgIpc) is 2.34. The van der Waals surface area contributed by atoms with Crippen LogP contribution in [0.5, 0.6) is 0 Å².